The predicted molar refractivity (Wildman–Crippen MR) is 82.1 cm³/mol. The molecular formula is C13H11F3N2O5S2. The molecule has 0 aliphatic carbocycles. The van der Waals surface area contributed by atoms with E-state index in [0.717, 1.165) is 36.5 Å². The van der Waals surface area contributed by atoms with Gasteiger partial charge in [0.2, 0.25) is 5.88 Å². The summed E-state index contributed by atoms with van der Waals surface area (Å²) in [6.07, 6.45) is -4.88. The van der Waals surface area contributed by atoms with Gasteiger partial charge < -0.3 is 9.47 Å². The van der Waals surface area contributed by atoms with Crippen molar-refractivity contribution in [2.24, 2.45) is 0 Å². The molecule has 136 valence electrons. The molecule has 1 N–H and O–H groups in total. The molecule has 2 rings (SSSR count). The Balaban J connectivity index is 2.21. The molecule has 0 radical (unpaired) electrons. The number of ether oxygens (including phenoxy) is 2. The molecule has 0 aliphatic rings. The Morgan fingerprint density at radius 2 is 2.00 bits per heavy atom. The first-order valence-electron chi connectivity index (χ1n) is 6.49. The van der Waals surface area contributed by atoms with Gasteiger partial charge in [-0.1, -0.05) is 0 Å². The maximum absolute atomic E-state index is 12.3. The van der Waals surface area contributed by atoms with Crippen LogP contribution in [0.15, 0.2) is 28.5 Å². The van der Waals surface area contributed by atoms with Crippen molar-refractivity contribution in [2.75, 3.05) is 4.72 Å². The van der Waals surface area contributed by atoms with E-state index in [4.69, 9.17) is 4.74 Å². The third kappa shape index (κ3) is 5.32. The summed E-state index contributed by atoms with van der Waals surface area (Å²) in [6, 6.07) is 2.83. The number of nitrogens with one attached hydrogen (secondary N) is 1. The van der Waals surface area contributed by atoms with Crippen LogP contribution in [0.3, 0.4) is 0 Å². The van der Waals surface area contributed by atoms with Gasteiger partial charge in [-0.25, -0.2) is 8.42 Å². The van der Waals surface area contributed by atoms with Crippen molar-refractivity contribution in [3.05, 3.63) is 29.1 Å². The van der Waals surface area contributed by atoms with E-state index in [1.165, 1.54) is 12.3 Å². The molecule has 1 aromatic carbocycles. The number of anilines is 1. The number of benzene rings is 1. The van der Waals surface area contributed by atoms with Crippen molar-refractivity contribution in [1.29, 1.82) is 0 Å². The van der Waals surface area contributed by atoms with Crippen LogP contribution in [0, 0.1) is 6.92 Å². The fraction of sp³-hybridized carbons (Fsp3) is 0.231. The highest BCUT2D eigenvalue weighted by Gasteiger charge is 2.31. The molecule has 0 saturated carbocycles. The van der Waals surface area contributed by atoms with Crippen molar-refractivity contribution >= 4 is 32.5 Å². The first-order chi connectivity index (χ1) is 11.5. The lowest BCUT2D eigenvalue weighted by Crippen LogP contribution is -2.18. The number of nitrogens with zero attached hydrogens (tertiary/aromatic N) is 1. The van der Waals surface area contributed by atoms with E-state index in [2.05, 4.69) is 14.4 Å². The number of rotatable bonds is 5. The van der Waals surface area contributed by atoms with Crippen LogP contribution in [0.5, 0.6) is 11.6 Å². The Hall–Kier alpha value is -2.34. The van der Waals surface area contributed by atoms with Gasteiger partial charge in [-0.3, -0.25) is 9.52 Å². The number of alkyl halides is 3. The summed E-state index contributed by atoms with van der Waals surface area (Å²) in [4.78, 5) is 14.3. The fourth-order valence-electron chi connectivity index (χ4n) is 1.79. The number of carbonyl (C=O) groups is 1. The van der Waals surface area contributed by atoms with Gasteiger partial charge in [0.1, 0.15) is 5.75 Å². The summed E-state index contributed by atoms with van der Waals surface area (Å²) in [5.74, 6) is -1.22. The monoisotopic (exact) mass is 396 g/mol. The quantitative estimate of drug-likeness (QED) is 0.781. The van der Waals surface area contributed by atoms with Gasteiger partial charge in [-0.15, -0.1) is 24.5 Å². The molecule has 0 aliphatic heterocycles. The second-order valence-corrected chi connectivity index (χ2v) is 7.17. The minimum atomic E-state index is -4.88. The van der Waals surface area contributed by atoms with E-state index in [1.807, 2.05) is 0 Å². The summed E-state index contributed by atoms with van der Waals surface area (Å²) in [5.41, 5.74) is 0.0472. The summed E-state index contributed by atoms with van der Waals surface area (Å²) in [7, 11) is -4.10. The zero-order chi connectivity index (χ0) is 18.8. The number of thiazole rings is 1. The maximum Gasteiger partial charge on any atom is 0.573 e. The highest BCUT2D eigenvalue weighted by Crippen LogP contribution is 2.29. The second-order valence-electron chi connectivity index (χ2n) is 4.67. The molecule has 12 heteroatoms. The summed E-state index contributed by atoms with van der Waals surface area (Å²) in [6.45, 7) is 2.49. The summed E-state index contributed by atoms with van der Waals surface area (Å²) >= 11 is 0.878. The van der Waals surface area contributed by atoms with Crippen LogP contribution in [0.25, 0.3) is 0 Å². The minimum absolute atomic E-state index is 0.0472. The third-order valence-corrected chi connectivity index (χ3v) is 4.99. The topological polar surface area (TPSA) is 94.6 Å². The lowest BCUT2D eigenvalue weighted by Gasteiger charge is -2.12. The van der Waals surface area contributed by atoms with E-state index in [9.17, 15) is 26.4 Å². The van der Waals surface area contributed by atoms with Crippen molar-refractivity contribution < 1.29 is 35.9 Å². The Bertz CT molecular complexity index is 893. The van der Waals surface area contributed by atoms with E-state index in [0.29, 0.717) is 0 Å². The zero-order valence-corrected chi connectivity index (χ0v) is 14.4. The molecule has 0 fully saturated rings. The van der Waals surface area contributed by atoms with Crippen molar-refractivity contribution in [3.8, 4) is 11.6 Å². The molecule has 0 unspecified atom stereocenters. The number of hydrogen-bond acceptors (Lipinski definition) is 7. The van der Waals surface area contributed by atoms with Crippen LogP contribution in [0.1, 0.15) is 12.5 Å². The van der Waals surface area contributed by atoms with Gasteiger partial charge in [0.25, 0.3) is 10.0 Å². The molecular weight excluding hydrogens is 385 g/mol. The van der Waals surface area contributed by atoms with E-state index in [-0.39, 0.29) is 21.5 Å². The standard InChI is InChI=1S/C13H11F3N2O5S2/c1-7-5-9(23-13(14,15)16)3-4-10(7)25(20,21)18-12-17-11(6-24-12)22-8(2)19/h3-6H,1-2H3,(H,17,18). The predicted octanol–water partition coefficient (Wildman–Crippen LogP) is 3.08. The van der Waals surface area contributed by atoms with Gasteiger partial charge in [0.15, 0.2) is 5.13 Å². The minimum Gasteiger partial charge on any atom is -0.407 e. The van der Waals surface area contributed by atoms with E-state index >= 15 is 0 Å². The molecule has 25 heavy (non-hydrogen) atoms. The van der Waals surface area contributed by atoms with Crippen LogP contribution in [-0.2, 0) is 14.8 Å². The maximum atomic E-state index is 12.3. The fourth-order valence-corrected chi connectivity index (χ4v) is 3.88. The highest BCUT2D eigenvalue weighted by atomic mass is 32.2. The molecule has 2 aromatic rings. The van der Waals surface area contributed by atoms with Gasteiger partial charge >= 0.3 is 12.3 Å². The highest BCUT2D eigenvalue weighted by molar-refractivity contribution is 7.93. The molecule has 1 aromatic heterocycles. The second kappa shape index (κ2) is 6.88. The Kier molecular flexibility index (Phi) is 5.23. The van der Waals surface area contributed by atoms with Crippen molar-refractivity contribution in [3.63, 3.8) is 0 Å². The summed E-state index contributed by atoms with van der Waals surface area (Å²) in [5, 5.41) is 1.26. The average Bonchev–Trinajstić information content (AvgIpc) is 2.81. The first-order valence-corrected chi connectivity index (χ1v) is 8.86. The lowest BCUT2D eigenvalue weighted by atomic mass is 10.2. The first kappa shape index (κ1) is 19.0. The normalized spacial score (nSPS) is 11.9. The molecule has 0 bridgehead atoms. The smallest absolute Gasteiger partial charge is 0.407 e. The van der Waals surface area contributed by atoms with Crippen LogP contribution < -0.4 is 14.2 Å². The molecule has 0 saturated heterocycles. The van der Waals surface area contributed by atoms with Gasteiger partial charge in [0, 0.05) is 6.92 Å². The zero-order valence-electron chi connectivity index (χ0n) is 12.7. The number of carbonyl (C=O) groups excluding carboxylic acids is 1. The molecule has 0 spiro atoms. The SMILES string of the molecule is CC(=O)Oc1csc(NS(=O)(=O)c2ccc(OC(F)(F)F)cc2C)n1. The average molecular weight is 396 g/mol. The Labute approximate surface area is 144 Å². The molecule has 7 nitrogen and oxygen atoms in total. The molecule has 0 atom stereocenters. The van der Waals surface area contributed by atoms with Gasteiger partial charge in [-0.2, -0.15) is 4.98 Å². The van der Waals surface area contributed by atoms with E-state index in [1.54, 1.807) is 0 Å². The molecule has 1 heterocycles. The molecule has 0 amide bonds. The summed E-state index contributed by atoms with van der Waals surface area (Å²) < 4.78 is 71.8. The number of aromatic nitrogens is 1. The Morgan fingerprint density at radius 3 is 2.56 bits per heavy atom. The van der Waals surface area contributed by atoms with Crippen molar-refractivity contribution in [1.82, 2.24) is 4.98 Å². The number of sulfonamides is 1. The van der Waals surface area contributed by atoms with Crippen LogP contribution in [0.2, 0.25) is 0 Å². The lowest BCUT2D eigenvalue weighted by molar-refractivity contribution is -0.274. The van der Waals surface area contributed by atoms with Crippen molar-refractivity contribution in [2.45, 2.75) is 25.1 Å². The van der Waals surface area contributed by atoms with Gasteiger partial charge in [-0.05, 0) is 30.7 Å². The van der Waals surface area contributed by atoms with Crippen LogP contribution in [-0.4, -0.2) is 25.7 Å². The number of halogens is 3. The van der Waals surface area contributed by atoms with Crippen LogP contribution in [0.4, 0.5) is 18.3 Å². The van der Waals surface area contributed by atoms with Crippen LogP contribution >= 0.6 is 11.3 Å². The van der Waals surface area contributed by atoms with E-state index < -0.39 is 28.1 Å². The Morgan fingerprint density at radius 1 is 1.32 bits per heavy atom. The largest absolute Gasteiger partial charge is 0.573 e. The number of esters is 1. The number of hydrogen-bond donors (Lipinski definition) is 1. The number of aryl methyl sites for hydroxylation is 1. The third-order valence-electron chi connectivity index (χ3n) is 2.62. The van der Waals surface area contributed by atoms with Gasteiger partial charge in [0.05, 0.1) is 10.3 Å².